The van der Waals surface area contributed by atoms with E-state index in [0.717, 1.165) is 29.0 Å². The molecule has 0 aliphatic heterocycles. The summed E-state index contributed by atoms with van der Waals surface area (Å²) in [6.45, 7) is 6.24. The van der Waals surface area contributed by atoms with Gasteiger partial charge in [0.25, 0.3) is 0 Å². The molecule has 2 aromatic heterocycles. The van der Waals surface area contributed by atoms with E-state index in [2.05, 4.69) is 24.0 Å². The largest absolute Gasteiger partial charge is 0.381 e. The van der Waals surface area contributed by atoms with Crippen molar-refractivity contribution in [2.75, 3.05) is 5.73 Å². The number of aryl methyl sites for hydroxylation is 1. The lowest BCUT2D eigenvalue weighted by molar-refractivity contribution is 0.434. The molecule has 2 aromatic rings. The van der Waals surface area contributed by atoms with E-state index in [4.69, 9.17) is 10.3 Å². The van der Waals surface area contributed by atoms with Crippen LogP contribution in [0, 0.1) is 12.8 Å². The molecule has 2 N–H and O–H groups in total. The number of anilines is 1. The third-order valence-corrected chi connectivity index (χ3v) is 2.68. The molecule has 2 rings (SSSR count). The van der Waals surface area contributed by atoms with E-state index < -0.39 is 0 Å². The molecule has 4 nitrogen and oxygen atoms in total. The molecule has 90 valence electrons. The molecule has 0 unspecified atom stereocenters. The molecule has 17 heavy (non-hydrogen) atoms. The highest BCUT2D eigenvalue weighted by molar-refractivity contribution is 5.67. The van der Waals surface area contributed by atoms with E-state index in [1.54, 1.807) is 6.20 Å². The van der Waals surface area contributed by atoms with Gasteiger partial charge in [0.2, 0.25) is 0 Å². The molecule has 0 bridgehead atoms. The third-order valence-electron chi connectivity index (χ3n) is 2.68. The molecule has 0 saturated heterocycles. The standard InChI is InChI=1S/C13H17N3O/c1-8(2)7-11-12(17-16-13(11)14)10-5-4-6-15-9(10)3/h4-6,8H,7H2,1-3H3,(H2,14,16). The summed E-state index contributed by atoms with van der Waals surface area (Å²) in [6.07, 6.45) is 2.62. The van der Waals surface area contributed by atoms with E-state index in [1.807, 2.05) is 19.1 Å². The van der Waals surface area contributed by atoms with Crippen molar-refractivity contribution in [3.63, 3.8) is 0 Å². The van der Waals surface area contributed by atoms with Gasteiger partial charge in [0.05, 0.1) is 0 Å². The van der Waals surface area contributed by atoms with Gasteiger partial charge in [-0.2, -0.15) is 0 Å². The van der Waals surface area contributed by atoms with Crippen molar-refractivity contribution in [2.24, 2.45) is 5.92 Å². The van der Waals surface area contributed by atoms with Gasteiger partial charge in [0, 0.05) is 23.0 Å². The van der Waals surface area contributed by atoms with Gasteiger partial charge in [-0.1, -0.05) is 19.0 Å². The zero-order valence-corrected chi connectivity index (χ0v) is 10.4. The Balaban J connectivity index is 2.49. The van der Waals surface area contributed by atoms with Crippen LogP contribution in [0.15, 0.2) is 22.9 Å². The first-order valence-electron chi connectivity index (χ1n) is 5.75. The molecular formula is C13H17N3O. The predicted molar refractivity (Wildman–Crippen MR) is 67.4 cm³/mol. The number of nitrogens with zero attached hydrogens (tertiary/aromatic N) is 2. The molecule has 0 spiro atoms. The first kappa shape index (κ1) is 11.6. The molecule has 0 aliphatic carbocycles. The Bertz CT molecular complexity index is 517. The molecule has 0 atom stereocenters. The minimum atomic E-state index is 0.483. The Labute approximate surface area is 101 Å². The lowest BCUT2D eigenvalue weighted by atomic mass is 9.99. The van der Waals surface area contributed by atoms with Crippen LogP contribution in [0.3, 0.4) is 0 Å². The van der Waals surface area contributed by atoms with Crippen LogP contribution in [0.5, 0.6) is 0 Å². The average Bonchev–Trinajstić information content (AvgIpc) is 2.61. The van der Waals surface area contributed by atoms with Crippen molar-refractivity contribution in [1.29, 1.82) is 0 Å². The second kappa shape index (κ2) is 4.57. The predicted octanol–water partition coefficient (Wildman–Crippen LogP) is 2.83. The van der Waals surface area contributed by atoms with Crippen molar-refractivity contribution in [2.45, 2.75) is 27.2 Å². The zero-order valence-electron chi connectivity index (χ0n) is 10.4. The van der Waals surface area contributed by atoms with Gasteiger partial charge in [-0.3, -0.25) is 4.98 Å². The Morgan fingerprint density at radius 1 is 1.41 bits per heavy atom. The maximum Gasteiger partial charge on any atom is 0.174 e. The summed E-state index contributed by atoms with van der Waals surface area (Å²) in [6, 6.07) is 3.87. The Morgan fingerprint density at radius 2 is 2.18 bits per heavy atom. The van der Waals surface area contributed by atoms with Gasteiger partial charge in [-0.15, -0.1) is 0 Å². The molecule has 0 aliphatic rings. The number of hydrogen-bond donors (Lipinski definition) is 1. The Hall–Kier alpha value is -1.84. The van der Waals surface area contributed by atoms with Gasteiger partial charge in [0.1, 0.15) is 0 Å². The Kier molecular flexibility index (Phi) is 3.13. The van der Waals surface area contributed by atoms with Gasteiger partial charge < -0.3 is 10.3 Å². The minimum absolute atomic E-state index is 0.483. The maximum atomic E-state index is 5.85. The van der Waals surface area contributed by atoms with E-state index in [9.17, 15) is 0 Å². The van der Waals surface area contributed by atoms with Crippen LogP contribution in [-0.4, -0.2) is 10.1 Å². The van der Waals surface area contributed by atoms with E-state index >= 15 is 0 Å². The highest BCUT2D eigenvalue weighted by Gasteiger charge is 2.18. The number of rotatable bonds is 3. The zero-order chi connectivity index (χ0) is 12.4. The summed E-state index contributed by atoms with van der Waals surface area (Å²) in [5.74, 6) is 1.74. The molecule has 4 heteroatoms. The van der Waals surface area contributed by atoms with Crippen molar-refractivity contribution in [3.05, 3.63) is 29.6 Å². The molecule has 0 saturated carbocycles. The highest BCUT2D eigenvalue weighted by Crippen LogP contribution is 2.30. The summed E-state index contributed by atoms with van der Waals surface area (Å²) in [5.41, 5.74) is 8.72. The fraction of sp³-hybridized carbons (Fsp3) is 0.385. The average molecular weight is 231 g/mol. The second-order valence-corrected chi connectivity index (χ2v) is 4.61. The van der Waals surface area contributed by atoms with Crippen LogP contribution < -0.4 is 5.73 Å². The third kappa shape index (κ3) is 2.30. The summed E-state index contributed by atoms with van der Waals surface area (Å²) < 4.78 is 5.35. The van der Waals surface area contributed by atoms with Gasteiger partial charge in [-0.05, 0) is 31.4 Å². The lowest BCUT2D eigenvalue weighted by Crippen LogP contribution is -1.99. The van der Waals surface area contributed by atoms with Crippen molar-refractivity contribution >= 4 is 5.82 Å². The van der Waals surface area contributed by atoms with Crippen LogP contribution in [0.25, 0.3) is 11.3 Å². The summed E-state index contributed by atoms with van der Waals surface area (Å²) in [7, 11) is 0. The monoisotopic (exact) mass is 231 g/mol. The lowest BCUT2D eigenvalue weighted by Gasteiger charge is -2.06. The van der Waals surface area contributed by atoms with E-state index in [1.165, 1.54) is 0 Å². The molecule has 0 fully saturated rings. The van der Waals surface area contributed by atoms with Crippen LogP contribution in [-0.2, 0) is 6.42 Å². The number of pyridine rings is 1. The molecule has 0 radical (unpaired) electrons. The van der Waals surface area contributed by atoms with Crippen LogP contribution in [0.4, 0.5) is 5.82 Å². The fourth-order valence-electron chi connectivity index (χ4n) is 1.86. The number of nitrogens with two attached hydrogens (primary N) is 1. The van der Waals surface area contributed by atoms with Gasteiger partial charge in [0.15, 0.2) is 11.6 Å². The van der Waals surface area contributed by atoms with Crippen LogP contribution in [0.2, 0.25) is 0 Å². The van der Waals surface area contributed by atoms with Crippen molar-refractivity contribution in [3.8, 4) is 11.3 Å². The summed E-state index contributed by atoms with van der Waals surface area (Å²) >= 11 is 0. The summed E-state index contributed by atoms with van der Waals surface area (Å²) in [5, 5.41) is 3.86. The molecular weight excluding hydrogens is 214 g/mol. The quantitative estimate of drug-likeness (QED) is 0.882. The fourth-order valence-corrected chi connectivity index (χ4v) is 1.86. The Morgan fingerprint density at radius 3 is 2.82 bits per heavy atom. The summed E-state index contributed by atoms with van der Waals surface area (Å²) in [4.78, 5) is 4.26. The smallest absolute Gasteiger partial charge is 0.174 e. The van der Waals surface area contributed by atoms with E-state index in [-0.39, 0.29) is 0 Å². The maximum absolute atomic E-state index is 5.85. The van der Waals surface area contributed by atoms with Crippen molar-refractivity contribution in [1.82, 2.24) is 10.1 Å². The van der Waals surface area contributed by atoms with Crippen LogP contribution >= 0.6 is 0 Å². The first-order valence-corrected chi connectivity index (χ1v) is 5.75. The number of nitrogen functional groups attached to an aromatic ring is 1. The highest BCUT2D eigenvalue weighted by atomic mass is 16.5. The second-order valence-electron chi connectivity index (χ2n) is 4.61. The topological polar surface area (TPSA) is 64.9 Å². The van der Waals surface area contributed by atoms with Crippen molar-refractivity contribution < 1.29 is 4.52 Å². The first-order chi connectivity index (χ1) is 8.09. The molecule has 0 amide bonds. The van der Waals surface area contributed by atoms with E-state index in [0.29, 0.717) is 11.7 Å². The number of aromatic nitrogens is 2. The molecule has 2 heterocycles. The normalized spacial score (nSPS) is 11.1. The minimum Gasteiger partial charge on any atom is -0.381 e. The number of hydrogen-bond acceptors (Lipinski definition) is 4. The van der Waals surface area contributed by atoms with Gasteiger partial charge in [-0.25, -0.2) is 0 Å². The van der Waals surface area contributed by atoms with Crippen LogP contribution in [0.1, 0.15) is 25.1 Å². The van der Waals surface area contributed by atoms with Gasteiger partial charge >= 0.3 is 0 Å². The molecule has 0 aromatic carbocycles. The SMILES string of the molecule is Cc1ncccc1-c1onc(N)c1CC(C)C.